The second kappa shape index (κ2) is 16.2. The van der Waals surface area contributed by atoms with Crippen molar-refractivity contribution in [3.8, 4) is 0 Å². The molecule has 4 nitrogen and oxygen atoms in total. The Labute approximate surface area is 145 Å². The van der Waals surface area contributed by atoms with E-state index in [0.717, 1.165) is 12.8 Å². The SMILES string of the molecule is CCCCC/C=C\C\C=C/C=C/C=C/[C@H](O)[C@H](O)CCCC(=O)O. The van der Waals surface area contributed by atoms with Gasteiger partial charge in [-0.15, -0.1) is 0 Å². The number of hydrogen-bond donors (Lipinski definition) is 3. The summed E-state index contributed by atoms with van der Waals surface area (Å²) < 4.78 is 0. The molecule has 0 aliphatic carbocycles. The Hall–Kier alpha value is -1.65. The number of aliphatic carboxylic acids is 1. The summed E-state index contributed by atoms with van der Waals surface area (Å²) in [5, 5.41) is 27.9. The Morgan fingerprint density at radius 2 is 1.71 bits per heavy atom. The molecule has 0 saturated carbocycles. The summed E-state index contributed by atoms with van der Waals surface area (Å²) >= 11 is 0. The van der Waals surface area contributed by atoms with Gasteiger partial charge in [-0.25, -0.2) is 0 Å². The van der Waals surface area contributed by atoms with E-state index in [4.69, 9.17) is 5.11 Å². The van der Waals surface area contributed by atoms with Crippen molar-refractivity contribution in [2.75, 3.05) is 0 Å². The van der Waals surface area contributed by atoms with Gasteiger partial charge in [0.15, 0.2) is 0 Å². The van der Waals surface area contributed by atoms with Crippen LogP contribution in [0.2, 0.25) is 0 Å². The van der Waals surface area contributed by atoms with Gasteiger partial charge in [-0.2, -0.15) is 0 Å². The Balaban J connectivity index is 3.81. The quantitative estimate of drug-likeness (QED) is 0.253. The van der Waals surface area contributed by atoms with Gasteiger partial charge in [0, 0.05) is 6.42 Å². The summed E-state index contributed by atoms with van der Waals surface area (Å²) in [6.45, 7) is 2.20. The zero-order valence-electron chi connectivity index (χ0n) is 14.7. The van der Waals surface area contributed by atoms with E-state index in [2.05, 4.69) is 25.2 Å². The minimum atomic E-state index is -0.974. The zero-order chi connectivity index (χ0) is 18.0. The zero-order valence-corrected chi connectivity index (χ0v) is 14.7. The molecule has 0 spiro atoms. The average molecular weight is 336 g/mol. The first-order chi connectivity index (χ1) is 11.6. The topological polar surface area (TPSA) is 77.8 Å². The molecule has 136 valence electrons. The van der Waals surface area contributed by atoms with Crippen LogP contribution in [0.4, 0.5) is 0 Å². The molecule has 0 unspecified atom stereocenters. The molecular weight excluding hydrogens is 304 g/mol. The normalized spacial score (nSPS) is 15.1. The maximum absolute atomic E-state index is 10.4. The maximum Gasteiger partial charge on any atom is 0.303 e. The minimum absolute atomic E-state index is 0.00520. The van der Waals surface area contributed by atoms with Gasteiger partial charge in [-0.1, -0.05) is 68.4 Å². The number of carboxylic acid groups (broad SMARTS) is 1. The highest BCUT2D eigenvalue weighted by molar-refractivity contribution is 5.66. The molecule has 0 aromatic rings. The van der Waals surface area contributed by atoms with Crippen molar-refractivity contribution in [3.05, 3.63) is 48.6 Å². The third-order valence-corrected chi connectivity index (χ3v) is 3.48. The molecular formula is C20H32O4. The van der Waals surface area contributed by atoms with Crippen molar-refractivity contribution in [2.24, 2.45) is 0 Å². The number of carbonyl (C=O) groups is 1. The van der Waals surface area contributed by atoms with E-state index in [0.29, 0.717) is 6.42 Å². The van der Waals surface area contributed by atoms with Crippen molar-refractivity contribution in [2.45, 2.75) is 70.5 Å². The van der Waals surface area contributed by atoms with Gasteiger partial charge in [0.05, 0.1) is 12.2 Å². The number of aliphatic hydroxyl groups excluding tert-OH is 2. The van der Waals surface area contributed by atoms with Crippen LogP contribution in [-0.4, -0.2) is 33.5 Å². The molecule has 2 atom stereocenters. The maximum atomic E-state index is 10.4. The van der Waals surface area contributed by atoms with E-state index in [1.165, 1.54) is 25.3 Å². The van der Waals surface area contributed by atoms with Crippen LogP contribution in [0.3, 0.4) is 0 Å². The van der Waals surface area contributed by atoms with Crippen LogP contribution in [0.15, 0.2) is 48.6 Å². The lowest BCUT2D eigenvalue weighted by atomic mass is 10.1. The molecule has 0 aliphatic rings. The summed E-state index contributed by atoms with van der Waals surface area (Å²) in [5.41, 5.74) is 0. The standard InChI is InChI=1S/C20H32O4/c1-2-3-4-5-6-7-8-9-10-11-12-13-15-18(21)19(22)16-14-17-20(23)24/h6-7,9-13,15,18-19,21-22H,2-5,8,14,16-17H2,1H3,(H,23,24)/b7-6-,10-9-,12-11+,15-13+/t18-,19+/m0/s1. The number of allylic oxidation sites excluding steroid dienone is 7. The minimum Gasteiger partial charge on any atom is -0.481 e. The Morgan fingerprint density at radius 3 is 2.42 bits per heavy atom. The van der Waals surface area contributed by atoms with Crippen molar-refractivity contribution < 1.29 is 20.1 Å². The van der Waals surface area contributed by atoms with Gasteiger partial charge >= 0.3 is 5.97 Å². The van der Waals surface area contributed by atoms with E-state index in [-0.39, 0.29) is 12.8 Å². The molecule has 0 fully saturated rings. The predicted molar refractivity (Wildman–Crippen MR) is 98.8 cm³/mol. The van der Waals surface area contributed by atoms with Gasteiger partial charge in [0.2, 0.25) is 0 Å². The third kappa shape index (κ3) is 15.3. The molecule has 0 amide bonds. The number of unbranched alkanes of at least 4 members (excludes halogenated alkanes) is 3. The van der Waals surface area contributed by atoms with Crippen LogP contribution in [0.1, 0.15) is 58.3 Å². The molecule has 24 heavy (non-hydrogen) atoms. The summed E-state index contributed by atoms with van der Waals surface area (Å²) in [4.78, 5) is 10.4. The molecule has 0 aliphatic heterocycles. The van der Waals surface area contributed by atoms with Gasteiger partial charge in [0.25, 0.3) is 0 Å². The molecule has 0 heterocycles. The fourth-order valence-corrected chi connectivity index (χ4v) is 2.03. The van der Waals surface area contributed by atoms with E-state index < -0.39 is 18.2 Å². The first-order valence-electron chi connectivity index (χ1n) is 8.80. The van der Waals surface area contributed by atoms with E-state index >= 15 is 0 Å². The Morgan fingerprint density at radius 1 is 0.958 bits per heavy atom. The molecule has 0 saturated heterocycles. The molecule has 0 aromatic carbocycles. The second-order valence-electron chi connectivity index (χ2n) is 5.74. The summed E-state index contributed by atoms with van der Waals surface area (Å²) in [5.74, 6) is -0.891. The third-order valence-electron chi connectivity index (χ3n) is 3.48. The van der Waals surface area contributed by atoms with Crippen molar-refractivity contribution in [3.63, 3.8) is 0 Å². The summed E-state index contributed by atoms with van der Waals surface area (Å²) in [6, 6.07) is 0. The second-order valence-corrected chi connectivity index (χ2v) is 5.74. The van der Waals surface area contributed by atoms with E-state index in [1.807, 2.05) is 12.2 Å². The van der Waals surface area contributed by atoms with Crippen molar-refractivity contribution in [1.29, 1.82) is 0 Å². The van der Waals surface area contributed by atoms with Crippen molar-refractivity contribution in [1.82, 2.24) is 0 Å². The lowest BCUT2D eigenvalue weighted by molar-refractivity contribution is -0.137. The summed E-state index contributed by atoms with van der Waals surface area (Å²) in [7, 11) is 0. The van der Waals surface area contributed by atoms with Gasteiger partial charge < -0.3 is 15.3 Å². The van der Waals surface area contributed by atoms with E-state index in [1.54, 1.807) is 12.2 Å². The fourth-order valence-electron chi connectivity index (χ4n) is 2.03. The molecule has 0 bridgehead atoms. The van der Waals surface area contributed by atoms with Crippen molar-refractivity contribution >= 4 is 5.97 Å². The number of aliphatic hydroxyl groups is 2. The van der Waals surface area contributed by atoms with Crippen LogP contribution >= 0.6 is 0 Å². The molecule has 4 heteroatoms. The largest absolute Gasteiger partial charge is 0.481 e. The van der Waals surface area contributed by atoms with Gasteiger partial charge in [-0.3, -0.25) is 4.79 Å². The highest BCUT2D eigenvalue weighted by Gasteiger charge is 2.12. The monoisotopic (exact) mass is 336 g/mol. The lowest BCUT2D eigenvalue weighted by Gasteiger charge is -2.13. The fraction of sp³-hybridized carbons (Fsp3) is 0.550. The van der Waals surface area contributed by atoms with Crippen LogP contribution in [-0.2, 0) is 4.79 Å². The van der Waals surface area contributed by atoms with Gasteiger partial charge in [0.1, 0.15) is 0 Å². The van der Waals surface area contributed by atoms with E-state index in [9.17, 15) is 15.0 Å². The smallest absolute Gasteiger partial charge is 0.303 e. The van der Waals surface area contributed by atoms with Crippen LogP contribution < -0.4 is 0 Å². The Bertz CT molecular complexity index is 421. The summed E-state index contributed by atoms with van der Waals surface area (Å²) in [6.07, 6.45) is 19.8. The lowest BCUT2D eigenvalue weighted by Crippen LogP contribution is -2.23. The molecule has 3 N–H and O–H groups in total. The predicted octanol–water partition coefficient (Wildman–Crippen LogP) is 4.16. The molecule has 0 aromatic heterocycles. The number of carboxylic acids is 1. The first kappa shape index (κ1) is 22.4. The van der Waals surface area contributed by atoms with Crippen LogP contribution in [0.25, 0.3) is 0 Å². The highest BCUT2D eigenvalue weighted by Crippen LogP contribution is 2.06. The molecule has 0 radical (unpaired) electrons. The van der Waals surface area contributed by atoms with Gasteiger partial charge in [-0.05, 0) is 32.1 Å². The van der Waals surface area contributed by atoms with Crippen LogP contribution in [0.5, 0.6) is 0 Å². The highest BCUT2D eigenvalue weighted by atomic mass is 16.4. The molecule has 0 rings (SSSR count). The van der Waals surface area contributed by atoms with Crippen LogP contribution in [0, 0.1) is 0 Å². The average Bonchev–Trinajstić information content (AvgIpc) is 2.55. The number of hydrogen-bond acceptors (Lipinski definition) is 3. The number of rotatable bonds is 14. The Kier molecular flexibility index (Phi) is 15.1. The first-order valence-corrected chi connectivity index (χ1v) is 8.80.